The van der Waals surface area contributed by atoms with Crippen molar-refractivity contribution >= 4 is 11.4 Å². The van der Waals surface area contributed by atoms with Crippen LogP contribution in [0.4, 0.5) is 20.2 Å². The second-order valence-corrected chi connectivity index (χ2v) is 12.2. The van der Waals surface area contributed by atoms with Gasteiger partial charge in [-0.25, -0.2) is 8.78 Å². The van der Waals surface area contributed by atoms with Gasteiger partial charge < -0.3 is 19.3 Å². The highest BCUT2D eigenvalue weighted by Crippen LogP contribution is 2.36. The Kier molecular flexibility index (Phi) is 10.0. The fourth-order valence-corrected chi connectivity index (χ4v) is 5.93. The molecule has 43 heavy (non-hydrogen) atoms. The van der Waals surface area contributed by atoms with E-state index in [1.165, 1.54) is 56.6 Å². The molecule has 0 bridgehead atoms. The van der Waals surface area contributed by atoms with Crippen molar-refractivity contribution in [2.75, 3.05) is 27.2 Å². The van der Waals surface area contributed by atoms with Crippen LogP contribution in [0.2, 0.25) is 0 Å². The second-order valence-electron chi connectivity index (χ2n) is 12.2. The highest BCUT2D eigenvalue weighted by atomic mass is 19.1. The fourth-order valence-electron chi connectivity index (χ4n) is 5.93. The predicted octanol–water partition coefficient (Wildman–Crippen LogP) is 5.32. The predicted molar refractivity (Wildman–Crippen MR) is 167 cm³/mol. The molecule has 1 aliphatic heterocycles. The van der Waals surface area contributed by atoms with Crippen LogP contribution >= 0.6 is 0 Å². The molecule has 4 aromatic rings. The van der Waals surface area contributed by atoms with Gasteiger partial charge in [-0.1, -0.05) is 59.7 Å². The molecule has 226 valence electrons. The van der Waals surface area contributed by atoms with Gasteiger partial charge in [-0.3, -0.25) is 0 Å². The van der Waals surface area contributed by atoms with Gasteiger partial charge in [-0.15, -0.1) is 0 Å². The molecule has 4 nitrogen and oxygen atoms in total. The van der Waals surface area contributed by atoms with Gasteiger partial charge in [-0.05, 0) is 86.3 Å². The van der Waals surface area contributed by atoms with Crippen LogP contribution in [0, 0.1) is 25.5 Å². The number of hydrogen-bond donors (Lipinski definition) is 2. The molecule has 1 fully saturated rings. The van der Waals surface area contributed by atoms with Crippen molar-refractivity contribution in [3.63, 3.8) is 0 Å². The summed E-state index contributed by atoms with van der Waals surface area (Å²) in [5.74, 6) is -1.31. The zero-order valence-electron chi connectivity index (χ0n) is 25.7. The van der Waals surface area contributed by atoms with Crippen molar-refractivity contribution in [1.29, 1.82) is 0 Å². The molecule has 2 unspecified atom stereocenters. The average molecular weight is 587 g/mol. The first-order valence-corrected chi connectivity index (χ1v) is 15.3. The number of rotatable bonds is 12. The molecule has 6 heteroatoms. The van der Waals surface area contributed by atoms with Gasteiger partial charge in [-0.2, -0.15) is 0 Å². The molecule has 4 aromatic carbocycles. The number of nitrogens with one attached hydrogen (secondary N) is 2. The zero-order chi connectivity index (χ0) is 30.4. The molecule has 5 rings (SSSR count). The summed E-state index contributed by atoms with van der Waals surface area (Å²) in [7, 11) is 4.36. The summed E-state index contributed by atoms with van der Waals surface area (Å²) in [4.78, 5) is 2.53. The van der Waals surface area contributed by atoms with Crippen LogP contribution in [-0.2, 0) is 22.3 Å². The lowest BCUT2D eigenvalue weighted by atomic mass is 9.98. The minimum Gasteiger partial charge on any atom is -0.338 e. The Labute approximate surface area is 254 Å². The van der Waals surface area contributed by atoms with E-state index >= 15 is 0 Å². The lowest BCUT2D eigenvalue weighted by molar-refractivity contribution is -0.823. The molecule has 1 saturated heterocycles. The highest BCUT2D eigenvalue weighted by molar-refractivity contribution is 5.32. The van der Waals surface area contributed by atoms with Crippen molar-refractivity contribution in [2.24, 2.45) is 0 Å². The monoisotopic (exact) mass is 586 g/mol. The molecule has 0 amide bonds. The SMILES string of the molecule is Cc1ccc([NH+](C)C[C@@H]2OC(CCc3ccc(F)cc3)(CCc3ccc(F)cc3)O[C@H]2C[NH+](C)c2ccc(C)cc2)cc1. The summed E-state index contributed by atoms with van der Waals surface area (Å²) >= 11 is 0. The minimum absolute atomic E-state index is 0.136. The maximum absolute atomic E-state index is 13.6. The molecule has 0 spiro atoms. The smallest absolute Gasteiger partial charge is 0.170 e. The van der Waals surface area contributed by atoms with E-state index in [2.05, 4.69) is 76.5 Å². The standard InChI is InChI=1S/C37H42F2N2O2/c1-27-5-17-33(18-6-27)40(3)25-35-36(26-41(4)34-19-7-28(2)8-20-34)43-37(42-35,23-21-29-9-13-31(38)14-10-29)24-22-30-11-15-32(39)16-12-30/h5-20,35-36H,21-26H2,1-4H3/p+2/t35-,36-/m0/s1. The van der Waals surface area contributed by atoms with Crippen molar-refractivity contribution in [2.45, 2.75) is 57.5 Å². The van der Waals surface area contributed by atoms with E-state index < -0.39 is 5.79 Å². The Balaban J connectivity index is 1.41. The first-order valence-electron chi connectivity index (χ1n) is 15.3. The number of hydrogen-bond acceptors (Lipinski definition) is 2. The Morgan fingerprint density at radius 2 is 0.907 bits per heavy atom. The van der Waals surface area contributed by atoms with Crippen molar-refractivity contribution in [1.82, 2.24) is 0 Å². The van der Waals surface area contributed by atoms with E-state index in [0.717, 1.165) is 24.2 Å². The summed E-state index contributed by atoms with van der Waals surface area (Å²) in [6.45, 7) is 5.71. The van der Waals surface area contributed by atoms with Crippen LogP contribution in [-0.4, -0.2) is 45.2 Å². The van der Waals surface area contributed by atoms with Crippen LogP contribution in [0.3, 0.4) is 0 Å². The average Bonchev–Trinajstić information content (AvgIpc) is 3.33. The minimum atomic E-state index is -0.820. The second kappa shape index (κ2) is 13.9. The first-order chi connectivity index (χ1) is 20.7. The molecule has 2 N–H and O–H groups in total. The lowest BCUT2D eigenvalue weighted by Gasteiger charge is -2.29. The number of quaternary nitrogens is 2. The largest absolute Gasteiger partial charge is 0.338 e. The van der Waals surface area contributed by atoms with Crippen molar-refractivity contribution < 1.29 is 28.1 Å². The maximum atomic E-state index is 13.6. The third kappa shape index (κ3) is 8.36. The number of likely N-dealkylation sites (N-methyl/N-ethyl adjacent to an activating group) is 2. The first kappa shape index (κ1) is 31.0. The highest BCUT2D eigenvalue weighted by Gasteiger charge is 2.49. The Hall–Kier alpha value is -3.42. The van der Waals surface area contributed by atoms with Gasteiger partial charge in [0.05, 0.1) is 14.1 Å². The fraction of sp³-hybridized carbons (Fsp3) is 0.351. The van der Waals surface area contributed by atoms with Crippen LogP contribution < -0.4 is 9.80 Å². The molecule has 4 atom stereocenters. The summed E-state index contributed by atoms with van der Waals surface area (Å²) in [5.41, 5.74) is 6.97. The normalized spacial score (nSPS) is 19.3. The lowest BCUT2D eigenvalue weighted by Crippen LogP contribution is -3.07. The van der Waals surface area contributed by atoms with E-state index in [-0.39, 0.29) is 23.8 Å². The summed E-state index contributed by atoms with van der Waals surface area (Å²) < 4.78 is 41.3. The van der Waals surface area contributed by atoms with Gasteiger partial charge >= 0.3 is 0 Å². The molecular weight excluding hydrogens is 542 g/mol. The molecular formula is C37H44F2N2O2+2. The molecule has 1 heterocycles. The molecule has 0 saturated carbocycles. The van der Waals surface area contributed by atoms with Crippen LogP contribution in [0.15, 0.2) is 97.1 Å². The van der Waals surface area contributed by atoms with Crippen LogP contribution in [0.5, 0.6) is 0 Å². The molecule has 0 aliphatic carbocycles. The van der Waals surface area contributed by atoms with Gasteiger partial charge in [0.1, 0.15) is 48.3 Å². The number of ether oxygens (including phenoxy) is 2. The van der Waals surface area contributed by atoms with Gasteiger partial charge in [0, 0.05) is 12.8 Å². The third-order valence-corrected chi connectivity index (χ3v) is 8.67. The summed E-state index contributed by atoms with van der Waals surface area (Å²) in [6, 6.07) is 30.6. The van der Waals surface area contributed by atoms with E-state index in [0.29, 0.717) is 25.7 Å². The van der Waals surface area contributed by atoms with Gasteiger partial charge in [0.2, 0.25) is 0 Å². The maximum Gasteiger partial charge on any atom is 0.170 e. The molecule has 1 aliphatic rings. The Morgan fingerprint density at radius 1 is 0.558 bits per heavy atom. The zero-order valence-corrected chi connectivity index (χ0v) is 25.7. The molecule has 0 aromatic heterocycles. The quantitative estimate of drug-likeness (QED) is 0.235. The summed E-state index contributed by atoms with van der Waals surface area (Å²) in [5, 5.41) is 0. The van der Waals surface area contributed by atoms with E-state index in [4.69, 9.17) is 9.47 Å². The van der Waals surface area contributed by atoms with Crippen molar-refractivity contribution in [3.05, 3.63) is 131 Å². The number of aryl methyl sites for hydroxylation is 4. The number of halogens is 2. The summed E-state index contributed by atoms with van der Waals surface area (Å²) in [6.07, 6.45) is 2.40. The van der Waals surface area contributed by atoms with E-state index in [1.54, 1.807) is 0 Å². The van der Waals surface area contributed by atoms with E-state index in [1.807, 2.05) is 24.3 Å². The van der Waals surface area contributed by atoms with Crippen LogP contribution in [0.1, 0.15) is 35.1 Å². The number of benzene rings is 4. The molecule has 0 radical (unpaired) electrons. The van der Waals surface area contributed by atoms with Gasteiger partial charge in [0.15, 0.2) is 5.79 Å². The Bertz CT molecular complexity index is 1330. The van der Waals surface area contributed by atoms with Crippen LogP contribution in [0.25, 0.3) is 0 Å². The topological polar surface area (TPSA) is 27.3 Å². The van der Waals surface area contributed by atoms with E-state index in [9.17, 15) is 8.78 Å². The third-order valence-electron chi connectivity index (χ3n) is 8.67. The van der Waals surface area contributed by atoms with Gasteiger partial charge in [0.25, 0.3) is 0 Å². The Morgan fingerprint density at radius 3 is 1.26 bits per heavy atom. The van der Waals surface area contributed by atoms with Crippen molar-refractivity contribution in [3.8, 4) is 0 Å².